The zero-order valence-electron chi connectivity index (χ0n) is 23.1. The first-order valence-corrected chi connectivity index (χ1v) is 16.3. The molecule has 0 aliphatic heterocycles. The fourth-order valence-corrected chi connectivity index (χ4v) is 5.89. The third-order valence-electron chi connectivity index (χ3n) is 6.68. The minimum atomic E-state index is -1.55. The molecule has 0 unspecified atom stereocenters. The van der Waals surface area contributed by atoms with Gasteiger partial charge in [0, 0.05) is 58.4 Å². The molecule has 0 saturated carbocycles. The number of benzene rings is 2. The summed E-state index contributed by atoms with van der Waals surface area (Å²) in [5.74, 6) is 0. The van der Waals surface area contributed by atoms with Crippen LogP contribution < -0.4 is 5.19 Å². The van der Waals surface area contributed by atoms with E-state index in [9.17, 15) is 0 Å². The average Bonchev–Trinajstić information content (AvgIpc) is 3.30. The molecule has 6 heteroatoms. The molecule has 6 rings (SSSR count). The van der Waals surface area contributed by atoms with E-state index in [0.29, 0.717) is 0 Å². The summed E-state index contributed by atoms with van der Waals surface area (Å²) < 4.78 is 6.22. The standard InChI is InChI=1S/C20H19N2OSi.C13H12N.Ir/c1-13-5-7-16(22-11-13)14-6-8-18(24(2,3)4)19-15-12-21-10-9-17(15)23-20(14)19;1-10-8-13(14-9-11(10)2)12-6-4-3-5-7-12;/h5,7-12H,1-4H3;3-6,8-9H,1-2H3;/q2*-1;. The molecule has 4 heterocycles. The zero-order chi connectivity index (χ0) is 26.9. The Morgan fingerprint density at radius 1 is 0.821 bits per heavy atom. The largest absolute Gasteiger partial charge is 0.500 e. The van der Waals surface area contributed by atoms with E-state index in [1.54, 1.807) is 6.20 Å². The van der Waals surface area contributed by atoms with Crippen LogP contribution in [0.4, 0.5) is 0 Å². The second-order valence-electron chi connectivity index (χ2n) is 10.7. The minimum Gasteiger partial charge on any atom is -0.500 e. The Morgan fingerprint density at radius 2 is 1.62 bits per heavy atom. The molecule has 2 aromatic carbocycles. The molecule has 4 aromatic heterocycles. The quantitative estimate of drug-likeness (QED) is 0.139. The number of furan rings is 1. The third kappa shape index (κ3) is 6.09. The van der Waals surface area contributed by atoms with Crippen LogP contribution in [0.15, 0.2) is 83.8 Å². The maximum atomic E-state index is 6.22. The molecule has 39 heavy (non-hydrogen) atoms. The molecule has 0 saturated heterocycles. The van der Waals surface area contributed by atoms with Gasteiger partial charge in [0.1, 0.15) is 5.58 Å². The van der Waals surface area contributed by atoms with Gasteiger partial charge in [-0.05, 0) is 49.4 Å². The Balaban J connectivity index is 0.000000202. The molecule has 0 bridgehead atoms. The van der Waals surface area contributed by atoms with Gasteiger partial charge in [0.05, 0.1) is 5.58 Å². The fourth-order valence-electron chi connectivity index (χ4n) is 4.39. The van der Waals surface area contributed by atoms with E-state index in [0.717, 1.165) is 44.6 Å². The first kappa shape index (κ1) is 28.6. The molecule has 0 aliphatic rings. The SMILES string of the molecule is Cc1ccc(-c2[c-]cc([Si](C)(C)C)c3c2oc2ccncc23)nc1.Cc1cnc(-c2[c-]cccc2)cc1C.[Ir]. The van der Waals surface area contributed by atoms with Crippen molar-refractivity contribution < 1.29 is 24.5 Å². The van der Waals surface area contributed by atoms with Crippen molar-refractivity contribution in [2.24, 2.45) is 0 Å². The first-order valence-electron chi connectivity index (χ1n) is 12.8. The molecule has 0 aliphatic carbocycles. The molecule has 0 spiro atoms. The van der Waals surface area contributed by atoms with Gasteiger partial charge in [-0.25, -0.2) is 0 Å². The van der Waals surface area contributed by atoms with Crippen molar-refractivity contribution in [2.75, 3.05) is 0 Å². The van der Waals surface area contributed by atoms with Crippen molar-refractivity contribution >= 4 is 35.2 Å². The Kier molecular flexibility index (Phi) is 8.60. The van der Waals surface area contributed by atoms with Gasteiger partial charge in [-0.1, -0.05) is 54.4 Å². The summed E-state index contributed by atoms with van der Waals surface area (Å²) >= 11 is 0. The number of nitrogens with zero attached hydrogens (tertiary/aromatic N) is 3. The molecular weight excluding hydrogens is 675 g/mol. The second-order valence-corrected chi connectivity index (χ2v) is 15.7. The van der Waals surface area contributed by atoms with E-state index >= 15 is 0 Å². The van der Waals surface area contributed by atoms with Crippen molar-refractivity contribution in [2.45, 2.75) is 40.4 Å². The van der Waals surface area contributed by atoms with E-state index in [1.165, 1.54) is 21.7 Å². The number of hydrogen-bond acceptors (Lipinski definition) is 4. The number of aryl methyl sites for hydroxylation is 3. The van der Waals surface area contributed by atoms with Crippen LogP contribution in [0, 0.1) is 32.9 Å². The summed E-state index contributed by atoms with van der Waals surface area (Å²) in [5, 5.41) is 3.60. The van der Waals surface area contributed by atoms with E-state index in [1.807, 2.05) is 61.9 Å². The van der Waals surface area contributed by atoms with Gasteiger partial charge < -0.3 is 14.4 Å². The van der Waals surface area contributed by atoms with Crippen LogP contribution in [0.2, 0.25) is 19.6 Å². The topological polar surface area (TPSA) is 51.8 Å². The van der Waals surface area contributed by atoms with Crippen LogP contribution in [0.3, 0.4) is 0 Å². The Bertz CT molecular complexity index is 1720. The molecule has 0 fully saturated rings. The number of fused-ring (bicyclic) bond motifs is 3. The predicted octanol–water partition coefficient (Wildman–Crippen LogP) is 7.86. The van der Waals surface area contributed by atoms with E-state index in [-0.39, 0.29) is 20.1 Å². The number of rotatable bonds is 3. The van der Waals surface area contributed by atoms with E-state index in [4.69, 9.17) is 4.42 Å². The summed E-state index contributed by atoms with van der Waals surface area (Å²) in [6.45, 7) is 13.2. The van der Waals surface area contributed by atoms with Crippen LogP contribution in [-0.4, -0.2) is 23.0 Å². The van der Waals surface area contributed by atoms with Crippen molar-refractivity contribution in [3.8, 4) is 22.5 Å². The summed E-state index contributed by atoms with van der Waals surface area (Å²) in [6, 6.07) is 24.8. The van der Waals surface area contributed by atoms with Crippen LogP contribution in [0.25, 0.3) is 44.5 Å². The van der Waals surface area contributed by atoms with Gasteiger partial charge >= 0.3 is 0 Å². The van der Waals surface area contributed by atoms with E-state index in [2.05, 4.69) is 78.8 Å². The smallest absolute Gasteiger partial charge is 0.124 e. The van der Waals surface area contributed by atoms with Crippen LogP contribution >= 0.6 is 0 Å². The van der Waals surface area contributed by atoms with Gasteiger partial charge in [0.15, 0.2) is 0 Å². The summed E-state index contributed by atoms with van der Waals surface area (Å²) in [4.78, 5) is 13.2. The van der Waals surface area contributed by atoms with E-state index < -0.39 is 8.07 Å². The average molecular weight is 706 g/mol. The monoisotopic (exact) mass is 706 g/mol. The first-order chi connectivity index (χ1) is 18.2. The zero-order valence-corrected chi connectivity index (χ0v) is 26.5. The van der Waals surface area contributed by atoms with Crippen LogP contribution in [-0.2, 0) is 20.1 Å². The molecule has 0 amide bonds. The molecule has 4 nitrogen and oxygen atoms in total. The summed E-state index contributed by atoms with van der Waals surface area (Å²) in [7, 11) is -1.55. The molecule has 0 atom stereocenters. The number of pyridine rings is 3. The number of hydrogen-bond donors (Lipinski definition) is 0. The molecule has 1 radical (unpaired) electrons. The van der Waals surface area contributed by atoms with Crippen molar-refractivity contribution in [3.63, 3.8) is 0 Å². The molecule has 6 aromatic rings. The third-order valence-corrected chi connectivity index (χ3v) is 8.69. The molecule has 199 valence electrons. The predicted molar refractivity (Wildman–Crippen MR) is 159 cm³/mol. The maximum Gasteiger partial charge on any atom is 0.124 e. The Hall–Kier alpha value is -3.44. The molecule has 0 N–H and O–H groups in total. The van der Waals surface area contributed by atoms with Gasteiger partial charge in [-0.15, -0.1) is 53.2 Å². The van der Waals surface area contributed by atoms with Gasteiger partial charge in [0.2, 0.25) is 0 Å². The van der Waals surface area contributed by atoms with Crippen LogP contribution in [0.1, 0.15) is 16.7 Å². The summed E-state index contributed by atoms with van der Waals surface area (Å²) in [6.07, 6.45) is 7.46. The summed E-state index contributed by atoms with van der Waals surface area (Å²) in [5.41, 5.74) is 9.23. The van der Waals surface area contributed by atoms with Gasteiger partial charge in [-0.2, -0.15) is 0 Å². The van der Waals surface area contributed by atoms with Gasteiger partial charge in [0.25, 0.3) is 0 Å². The normalized spacial score (nSPS) is 11.1. The van der Waals surface area contributed by atoms with Crippen molar-refractivity contribution in [1.82, 2.24) is 15.0 Å². The Morgan fingerprint density at radius 3 is 2.28 bits per heavy atom. The minimum absolute atomic E-state index is 0. The van der Waals surface area contributed by atoms with Crippen molar-refractivity contribution in [1.29, 1.82) is 0 Å². The molecular formula is C33H31IrN3OSi-2. The van der Waals surface area contributed by atoms with Crippen molar-refractivity contribution in [3.05, 3.63) is 108 Å². The fraction of sp³-hybridized carbons (Fsp3) is 0.182. The second kappa shape index (κ2) is 11.7. The van der Waals surface area contributed by atoms with Crippen LogP contribution in [0.5, 0.6) is 0 Å². The van der Waals surface area contributed by atoms with Gasteiger partial charge in [-0.3, -0.25) is 4.98 Å². The number of aromatic nitrogens is 3. The maximum absolute atomic E-state index is 6.22. The Labute approximate surface area is 244 Å².